The first-order valence-electron chi connectivity index (χ1n) is 5.81. The molecular formula is C13H19N3O. The molecule has 0 atom stereocenters. The molecule has 4 heteroatoms. The van der Waals surface area contributed by atoms with E-state index in [9.17, 15) is 0 Å². The summed E-state index contributed by atoms with van der Waals surface area (Å²) in [6.07, 6.45) is 0. The van der Waals surface area contributed by atoms with Crippen LogP contribution in [0, 0.1) is 27.7 Å². The first-order valence-corrected chi connectivity index (χ1v) is 5.81. The van der Waals surface area contributed by atoms with Gasteiger partial charge in [0.2, 0.25) is 0 Å². The van der Waals surface area contributed by atoms with Gasteiger partial charge in [0.25, 0.3) is 0 Å². The third-order valence-electron chi connectivity index (χ3n) is 3.34. The fourth-order valence-corrected chi connectivity index (χ4v) is 1.96. The molecule has 2 aromatic heterocycles. The van der Waals surface area contributed by atoms with E-state index < -0.39 is 0 Å². The second-order valence-electron chi connectivity index (χ2n) is 4.45. The lowest BCUT2D eigenvalue weighted by Gasteiger charge is -2.01. The molecule has 0 unspecified atom stereocenters. The molecule has 0 aliphatic heterocycles. The Bertz CT molecular complexity index is 537. The second kappa shape index (κ2) is 4.37. The molecular weight excluding hydrogens is 214 g/mol. The molecule has 0 radical (unpaired) electrons. The number of aryl methyl sites for hydroxylation is 2. The molecule has 0 saturated carbocycles. The zero-order chi connectivity index (χ0) is 12.6. The van der Waals surface area contributed by atoms with Gasteiger partial charge >= 0.3 is 0 Å². The highest BCUT2D eigenvalue weighted by atomic mass is 16.3. The third kappa shape index (κ3) is 2.13. The molecule has 0 aromatic carbocycles. The predicted molar refractivity (Wildman–Crippen MR) is 66.9 cm³/mol. The summed E-state index contributed by atoms with van der Waals surface area (Å²) in [5.41, 5.74) is 10.2. The number of nitrogens with two attached hydrogens (primary N) is 1. The van der Waals surface area contributed by atoms with Crippen LogP contribution in [0.2, 0.25) is 0 Å². The van der Waals surface area contributed by atoms with E-state index >= 15 is 0 Å². The largest absolute Gasteiger partial charge is 0.464 e. The number of aromatic nitrogens is 2. The van der Waals surface area contributed by atoms with Gasteiger partial charge in [-0.1, -0.05) is 0 Å². The van der Waals surface area contributed by atoms with E-state index in [1.54, 1.807) is 0 Å². The SMILES string of the molecule is Cc1nn(Cc2cc(CN)c(C)o2)c(C)c1C. The molecule has 4 nitrogen and oxygen atoms in total. The van der Waals surface area contributed by atoms with Crippen LogP contribution in [-0.4, -0.2) is 9.78 Å². The average Bonchev–Trinajstić information content (AvgIpc) is 2.76. The Morgan fingerprint density at radius 1 is 1.29 bits per heavy atom. The lowest BCUT2D eigenvalue weighted by atomic mass is 10.2. The van der Waals surface area contributed by atoms with Crippen molar-refractivity contribution < 1.29 is 4.42 Å². The van der Waals surface area contributed by atoms with E-state index in [2.05, 4.69) is 18.9 Å². The third-order valence-corrected chi connectivity index (χ3v) is 3.34. The van der Waals surface area contributed by atoms with Gasteiger partial charge in [0.1, 0.15) is 11.5 Å². The van der Waals surface area contributed by atoms with Crippen LogP contribution in [0.15, 0.2) is 10.5 Å². The van der Waals surface area contributed by atoms with Crippen LogP contribution in [0.25, 0.3) is 0 Å². The summed E-state index contributed by atoms with van der Waals surface area (Å²) >= 11 is 0. The summed E-state index contributed by atoms with van der Waals surface area (Å²) in [4.78, 5) is 0. The molecule has 0 aliphatic rings. The van der Waals surface area contributed by atoms with Crippen molar-refractivity contribution in [3.63, 3.8) is 0 Å². The van der Waals surface area contributed by atoms with E-state index in [0.717, 1.165) is 22.8 Å². The number of hydrogen-bond acceptors (Lipinski definition) is 3. The monoisotopic (exact) mass is 233 g/mol. The molecule has 17 heavy (non-hydrogen) atoms. The van der Waals surface area contributed by atoms with Crippen LogP contribution in [0.4, 0.5) is 0 Å². The number of hydrogen-bond donors (Lipinski definition) is 1. The molecule has 92 valence electrons. The minimum atomic E-state index is 0.519. The topological polar surface area (TPSA) is 57.0 Å². The Labute approximate surface area is 101 Å². The van der Waals surface area contributed by atoms with Crippen molar-refractivity contribution in [2.45, 2.75) is 40.8 Å². The second-order valence-corrected chi connectivity index (χ2v) is 4.45. The van der Waals surface area contributed by atoms with Gasteiger partial charge in [-0.05, 0) is 39.3 Å². The van der Waals surface area contributed by atoms with Crippen molar-refractivity contribution in [3.8, 4) is 0 Å². The first kappa shape index (κ1) is 11.9. The van der Waals surface area contributed by atoms with E-state index in [1.807, 2.05) is 24.6 Å². The summed E-state index contributed by atoms with van der Waals surface area (Å²) in [6, 6.07) is 2.02. The van der Waals surface area contributed by atoms with Gasteiger partial charge < -0.3 is 10.2 Å². The van der Waals surface area contributed by atoms with Crippen LogP contribution >= 0.6 is 0 Å². The van der Waals surface area contributed by atoms with E-state index in [4.69, 9.17) is 10.2 Å². The number of furan rings is 1. The van der Waals surface area contributed by atoms with Gasteiger partial charge in [-0.3, -0.25) is 4.68 Å². The zero-order valence-electron chi connectivity index (χ0n) is 10.9. The maximum absolute atomic E-state index is 5.67. The number of nitrogens with zero attached hydrogens (tertiary/aromatic N) is 2. The van der Waals surface area contributed by atoms with E-state index in [1.165, 1.54) is 11.3 Å². The normalized spacial score (nSPS) is 11.1. The molecule has 0 saturated heterocycles. The molecule has 0 spiro atoms. The summed E-state index contributed by atoms with van der Waals surface area (Å²) in [7, 11) is 0. The van der Waals surface area contributed by atoms with Crippen molar-refractivity contribution in [1.82, 2.24) is 9.78 Å². The van der Waals surface area contributed by atoms with Crippen molar-refractivity contribution in [1.29, 1.82) is 0 Å². The van der Waals surface area contributed by atoms with Crippen molar-refractivity contribution >= 4 is 0 Å². The summed E-state index contributed by atoms with van der Waals surface area (Å²) in [5.74, 6) is 1.81. The Morgan fingerprint density at radius 2 is 2.00 bits per heavy atom. The fourth-order valence-electron chi connectivity index (χ4n) is 1.96. The van der Waals surface area contributed by atoms with Gasteiger partial charge in [0.05, 0.1) is 12.2 Å². The molecule has 0 bridgehead atoms. The van der Waals surface area contributed by atoms with Crippen LogP contribution in [-0.2, 0) is 13.1 Å². The highest BCUT2D eigenvalue weighted by molar-refractivity contribution is 5.24. The van der Waals surface area contributed by atoms with Crippen molar-refractivity contribution in [2.75, 3.05) is 0 Å². The minimum Gasteiger partial charge on any atom is -0.464 e. The van der Waals surface area contributed by atoms with Gasteiger partial charge in [0, 0.05) is 17.8 Å². The highest BCUT2D eigenvalue weighted by Crippen LogP contribution is 2.17. The molecule has 0 aliphatic carbocycles. The minimum absolute atomic E-state index is 0.519. The molecule has 0 amide bonds. The van der Waals surface area contributed by atoms with Crippen LogP contribution < -0.4 is 5.73 Å². The average molecular weight is 233 g/mol. The molecule has 2 heterocycles. The summed E-state index contributed by atoms with van der Waals surface area (Å²) < 4.78 is 7.65. The summed E-state index contributed by atoms with van der Waals surface area (Å²) in [6.45, 7) is 9.32. The number of rotatable bonds is 3. The Balaban J connectivity index is 2.28. The first-order chi connectivity index (χ1) is 8.02. The zero-order valence-corrected chi connectivity index (χ0v) is 10.9. The van der Waals surface area contributed by atoms with Crippen LogP contribution in [0.3, 0.4) is 0 Å². The molecule has 0 fully saturated rings. The van der Waals surface area contributed by atoms with Gasteiger partial charge in [0.15, 0.2) is 0 Å². The highest BCUT2D eigenvalue weighted by Gasteiger charge is 2.11. The maximum atomic E-state index is 5.67. The quantitative estimate of drug-likeness (QED) is 0.884. The van der Waals surface area contributed by atoms with Gasteiger partial charge in [-0.15, -0.1) is 0 Å². The Kier molecular flexibility index (Phi) is 3.07. The van der Waals surface area contributed by atoms with Crippen molar-refractivity contribution in [2.24, 2.45) is 5.73 Å². The smallest absolute Gasteiger partial charge is 0.125 e. The van der Waals surface area contributed by atoms with Gasteiger partial charge in [-0.25, -0.2) is 0 Å². The molecule has 2 N–H and O–H groups in total. The van der Waals surface area contributed by atoms with Gasteiger partial charge in [-0.2, -0.15) is 5.10 Å². The predicted octanol–water partition coefficient (Wildman–Crippen LogP) is 2.22. The van der Waals surface area contributed by atoms with E-state index in [0.29, 0.717) is 13.1 Å². The lowest BCUT2D eigenvalue weighted by molar-refractivity contribution is 0.454. The standard InChI is InChI=1S/C13H19N3O/c1-8-9(2)15-16(10(8)3)7-13-5-12(6-14)11(4)17-13/h5H,6-7,14H2,1-4H3. The molecule has 2 aromatic rings. The molecule has 2 rings (SSSR count). The van der Waals surface area contributed by atoms with Crippen LogP contribution in [0.5, 0.6) is 0 Å². The van der Waals surface area contributed by atoms with Crippen molar-refractivity contribution in [3.05, 3.63) is 40.1 Å². The van der Waals surface area contributed by atoms with Crippen LogP contribution in [0.1, 0.15) is 34.0 Å². The Morgan fingerprint density at radius 3 is 2.47 bits per heavy atom. The summed E-state index contributed by atoms with van der Waals surface area (Å²) in [5, 5.41) is 4.50. The Hall–Kier alpha value is -1.55. The van der Waals surface area contributed by atoms with E-state index in [-0.39, 0.29) is 0 Å². The fraction of sp³-hybridized carbons (Fsp3) is 0.462. The maximum Gasteiger partial charge on any atom is 0.125 e. The lowest BCUT2D eigenvalue weighted by Crippen LogP contribution is -2.03.